The average molecular weight is 755 g/mol. The van der Waals surface area contributed by atoms with Crippen molar-refractivity contribution in [1.29, 1.82) is 0 Å². The van der Waals surface area contributed by atoms with Crippen LogP contribution in [-0.4, -0.2) is 132 Å². The normalized spacial score (nSPS) is 6.17. The Hall–Kier alpha value is 1.88. The molecule has 0 atom stereocenters. The molecule has 5 radical (unpaired) electrons. The van der Waals surface area contributed by atoms with Crippen molar-refractivity contribution >= 4 is 0 Å². The molecule has 24 N–H and O–H groups in total. The summed E-state index contributed by atoms with van der Waals surface area (Å²) in [5.41, 5.74) is 0. The molecular formula is C12H48Mn5O18. The molecule has 0 saturated carbocycles. The molecule has 23 heteroatoms. The average Bonchev–Trinajstić information content (AvgIpc) is 2.08. The second-order valence-electron chi connectivity index (χ2n) is 3.79. The van der Waals surface area contributed by atoms with Gasteiger partial charge in [-0.2, -0.15) is 0 Å². The molecule has 0 saturated heterocycles. The molecule has 0 aromatic heterocycles. The molecule has 0 aliphatic carbocycles. The standard InChI is InChI=1S/6C2H6O2.5Mn.6H2O/c6*1-2(3)4;;;;;;;;;;;/h6*2-4H,1H3;;;;;;6*1H2. The number of aliphatic hydroxyl groups excluding tert-OH is 6. The van der Waals surface area contributed by atoms with Crippen molar-refractivity contribution < 1.29 is 179 Å². The molecule has 0 bridgehead atoms. The minimum Gasteiger partial charge on any atom is -0.412 e. The molecule has 0 aliphatic heterocycles. The minimum atomic E-state index is -1.17. The van der Waals surface area contributed by atoms with Gasteiger partial charge < -0.3 is 94.1 Å². The fourth-order valence-electron chi connectivity index (χ4n) is 0. The van der Waals surface area contributed by atoms with Gasteiger partial charge in [-0.15, -0.1) is 0 Å². The van der Waals surface area contributed by atoms with Crippen molar-refractivity contribution in [1.82, 2.24) is 0 Å². The first-order valence-electron chi connectivity index (χ1n) is 6.56. The van der Waals surface area contributed by atoms with Crippen LogP contribution in [0.15, 0.2) is 0 Å². The van der Waals surface area contributed by atoms with Gasteiger partial charge in [0, 0.05) is 85.3 Å². The van der Waals surface area contributed by atoms with E-state index < -0.39 is 37.7 Å². The Balaban J connectivity index is -0.00000000697. The molecule has 0 spiro atoms. The van der Waals surface area contributed by atoms with Crippen LogP contribution in [0, 0.1) is 0 Å². The van der Waals surface area contributed by atoms with Crippen LogP contribution in [0.1, 0.15) is 41.5 Å². The van der Waals surface area contributed by atoms with Gasteiger partial charge in [0.05, 0.1) is 0 Å². The van der Waals surface area contributed by atoms with Gasteiger partial charge in [0.25, 0.3) is 0 Å². The van der Waals surface area contributed by atoms with E-state index in [1.54, 1.807) is 0 Å². The van der Waals surface area contributed by atoms with E-state index in [2.05, 4.69) is 0 Å². The summed E-state index contributed by atoms with van der Waals surface area (Å²) in [6.45, 7) is 7.67. The summed E-state index contributed by atoms with van der Waals surface area (Å²) in [5.74, 6) is 0. The molecule has 239 valence electrons. The minimum absolute atomic E-state index is 0. The van der Waals surface area contributed by atoms with Crippen LogP contribution in [0.3, 0.4) is 0 Å². The topological polar surface area (TPSA) is 432 Å². The van der Waals surface area contributed by atoms with E-state index in [9.17, 15) is 0 Å². The van der Waals surface area contributed by atoms with Crippen LogP contribution in [-0.2, 0) is 85.3 Å². The third-order valence-corrected chi connectivity index (χ3v) is 0. The molecule has 35 heavy (non-hydrogen) atoms. The summed E-state index contributed by atoms with van der Waals surface area (Å²) in [6.07, 6.45) is -7.00. The van der Waals surface area contributed by atoms with Crippen LogP contribution >= 0.6 is 0 Å². The molecule has 0 aliphatic rings. The van der Waals surface area contributed by atoms with Gasteiger partial charge in [0.15, 0.2) is 0 Å². The second-order valence-corrected chi connectivity index (χ2v) is 3.79. The molecule has 18 nitrogen and oxygen atoms in total. The monoisotopic (exact) mass is 755 g/mol. The largest absolute Gasteiger partial charge is 0.412 e. The summed E-state index contributed by atoms with van der Waals surface area (Å²) in [4.78, 5) is 0. The summed E-state index contributed by atoms with van der Waals surface area (Å²) in [7, 11) is 0. The predicted molar refractivity (Wildman–Crippen MR) is 105 cm³/mol. The van der Waals surface area contributed by atoms with Crippen LogP contribution < -0.4 is 0 Å². The Morgan fingerprint density at radius 3 is 0.229 bits per heavy atom. The Morgan fingerprint density at radius 1 is 0.229 bits per heavy atom. The number of hydrogen-bond donors (Lipinski definition) is 12. The molecule has 0 heterocycles. The first-order chi connectivity index (χ1) is 10.4. The zero-order valence-electron chi connectivity index (χ0n) is 19.7. The van der Waals surface area contributed by atoms with E-state index in [4.69, 9.17) is 61.3 Å². The van der Waals surface area contributed by atoms with E-state index in [1.165, 1.54) is 41.5 Å². The Kier molecular flexibility index (Phi) is 379. The number of rotatable bonds is 0. The smallest absolute Gasteiger partial charge is 0.148 e. The van der Waals surface area contributed by atoms with Crippen molar-refractivity contribution in [3.8, 4) is 0 Å². The van der Waals surface area contributed by atoms with Crippen molar-refractivity contribution in [2.45, 2.75) is 79.3 Å². The summed E-state index contributed by atoms with van der Waals surface area (Å²) in [5, 5.41) is 91.3. The van der Waals surface area contributed by atoms with Gasteiger partial charge in [-0.25, -0.2) is 0 Å². The van der Waals surface area contributed by atoms with Crippen molar-refractivity contribution in [3.63, 3.8) is 0 Å². The van der Waals surface area contributed by atoms with Crippen LogP contribution in [0.5, 0.6) is 0 Å². The van der Waals surface area contributed by atoms with E-state index >= 15 is 0 Å². The van der Waals surface area contributed by atoms with Gasteiger partial charge in [-0.1, -0.05) is 0 Å². The van der Waals surface area contributed by atoms with Crippen molar-refractivity contribution in [3.05, 3.63) is 0 Å². The zero-order chi connectivity index (χ0) is 21.5. The van der Waals surface area contributed by atoms with E-state index in [0.29, 0.717) is 0 Å². The van der Waals surface area contributed by atoms with E-state index in [0.717, 1.165) is 0 Å². The first-order valence-corrected chi connectivity index (χ1v) is 6.56. The van der Waals surface area contributed by atoms with Crippen LogP contribution in [0.25, 0.3) is 0 Å². The van der Waals surface area contributed by atoms with Crippen molar-refractivity contribution in [2.24, 2.45) is 0 Å². The van der Waals surface area contributed by atoms with Gasteiger partial charge >= 0.3 is 0 Å². The summed E-state index contributed by atoms with van der Waals surface area (Å²) in [6, 6.07) is 0. The van der Waals surface area contributed by atoms with E-state index in [-0.39, 0.29) is 118 Å². The Bertz CT molecular complexity index is 125. The van der Waals surface area contributed by atoms with Gasteiger partial charge in [0.1, 0.15) is 37.7 Å². The predicted octanol–water partition coefficient (Wildman–Crippen LogP) is -9.06. The maximum atomic E-state index is 7.61. The van der Waals surface area contributed by atoms with Crippen LogP contribution in [0.2, 0.25) is 0 Å². The molecule has 0 aromatic rings. The zero-order valence-corrected chi connectivity index (χ0v) is 25.6. The van der Waals surface area contributed by atoms with Crippen LogP contribution in [0.4, 0.5) is 0 Å². The van der Waals surface area contributed by atoms with Gasteiger partial charge in [-0.05, 0) is 41.5 Å². The quantitative estimate of drug-likeness (QED) is 0.0810. The fourth-order valence-corrected chi connectivity index (χ4v) is 0. The molecular weight excluding hydrogens is 707 g/mol. The first kappa shape index (κ1) is 120. The Morgan fingerprint density at radius 2 is 0.229 bits per heavy atom. The summed E-state index contributed by atoms with van der Waals surface area (Å²) >= 11 is 0. The fraction of sp³-hybridized carbons (Fsp3) is 1.00. The number of aliphatic hydroxyl groups is 12. The van der Waals surface area contributed by atoms with Gasteiger partial charge in [-0.3, -0.25) is 0 Å². The summed E-state index contributed by atoms with van der Waals surface area (Å²) < 4.78 is 0. The third kappa shape index (κ3) is 11700. The second kappa shape index (κ2) is 110. The van der Waals surface area contributed by atoms with Gasteiger partial charge in [0.2, 0.25) is 0 Å². The Labute approximate surface area is 257 Å². The van der Waals surface area contributed by atoms with E-state index in [1.807, 2.05) is 0 Å². The maximum absolute atomic E-state index is 7.61. The molecule has 0 rings (SSSR count). The SMILES string of the molecule is CC(O)O.CC(O)O.CC(O)O.CC(O)O.CC(O)O.CC(O)O.O.O.O.O.O.O.[Mn].[Mn].[Mn].[Mn].[Mn]. The third-order valence-electron chi connectivity index (χ3n) is 0. The number of hydrogen-bond acceptors (Lipinski definition) is 12. The molecule has 0 amide bonds. The molecule has 0 fully saturated rings. The van der Waals surface area contributed by atoms with Crippen molar-refractivity contribution in [2.75, 3.05) is 0 Å². The molecule has 0 aromatic carbocycles. The maximum Gasteiger partial charge on any atom is 0.148 e. The molecule has 0 unspecified atom stereocenters.